The fourth-order valence-electron chi connectivity index (χ4n) is 1.49. The summed E-state index contributed by atoms with van der Waals surface area (Å²) in [4.78, 5) is 11.7. The Morgan fingerprint density at radius 2 is 2.25 bits per heavy atom. The van der Waals surface area contributed by atoms with Gasteiger partial charge in [0.05, 0.1) is 0 Å². The van der Waals surface area contributed by atoms with Gasteiger partial charge in [0.2, 0.25) is 5.91 Å². The molecule has 1 aliphatic rings. The van der Waals surface area contributed by atoms with Crippen LogP contribution in [0.4, 0.5) is 0 Å². The number of hydrogen-bond donors (Lipinski definition) is 2. The highest BCUT2D eigenvalue weighted by atomic mass is 35.5. The molecule has 0 aromatic carbocycles. The number of halogens is 1. The smallest absolute Gasteiger partial charge is 0.222 e. The first kappa shape index (κ1) is 16.1. The molecule has 0 aromatic heterocycles. The maximum atomic E-state index is 11.7. The minimum Gasteiger partial charge on any atom is -0.351 e. The number of carbonyl (C=O) groups excluding carboxylic acids is 1. The van der Waals surface area contributed by atoms with Crippen LogP contribution in [-0.4, -0.2) is 35.5 Å². The van der Waals surface area contributed by atoms with Gasteiger partial charge in [0, 0.05) is 36.1 Å². The van der Waals surface area contributed by atoms with Gasteiger partial charge in [-0.25, -0.2) is 0 Å². The van der Waals surface area contributed by atoms with Crippen molar-refractivity contribution in [3.63, 3.8) is 0 Å². The van der Waals surface area contributed by atoms with Crippen LogP contribution < -0.4 is 10.6 Å². The average Bonchev–Trinajstić information content (AvgIpc) is 2.18. The van der Waals surface area contributed by atoms with Gasteiger partial charge in [-0.1, -0.05) is 6.92 Å². The van der Waals surface area contributed by atoms with E-state index in [4.69, 9.17) is 0 Å². The number of nitrogens with one attached hydrogen (secondary N) is 2. The summed E-state index contributed by atoms with van der Waals surface area (Å²) in [6.45, 7) is 7.25. The van der Waals surface area contributed by atoms with E-state index >= 15 is 0 Å². The topological polar surface area (TPSA) is 41.1 Å². The highest BCUT2D eigenvalue weighted by Gasteiger charge is 2.21. The fraction of sp³-hybridized carbons (Fsp3) is 0.909. The average molecular weight is 267 g/mol. The van der Waals surface area contributed by atoms with Gasteiger partial charge in [-0.3, -0.25) is 4.79 Å². The van der Waals surface area contributed by atoms with Gasteiger partial charge >= 0.3 is 0 Å². The molecule has 96 valence electrons. The molecular formula is C11H23ClN2OS. The van der Waals surface area contributed by atoms with Gasteiger partial charge in [-0.2, -0.15) is 11.8 Å². The van der Waals surface area contributed by atoms with Crippen LogP contribution in [0, 0.1) is 0 Å². The third-order valence-corrected chi connectivity index (χ3v) is 3.92. The van der Waals surface area contributed by atoms with Crippen LogP contribution in [0.2, 0.25) is 0 Å². The first-order valence-corrected chi connectivity index (χ1v) is 6.81. The van der Waals surface area contributed by atoms with Crippen molar-refractivity contribution in [3.05, 3.63) is 0 Å². The summed E-state index contributed by atoms with van der Waals surface area (Å²) in [6.07, 6.45) is 1.57. The molecule has 0 saturated carbocycles. The number of rotatable bonds is 4. The predicted octanol–water partition coefficient (Wildman–Crippen LogP) is 1.81. The molecule has 0 spiro atoms. The molecule has 0 bridgehead atoms. The van der Waals surface area contributed by atoms with Gasteiger partial charge in [-0.15, -0.1) is 12.4 Å². The summed E-state index contributed by atoms with van der Waals surface area (Å²) < 4.78 is 0. The highest BCUT2D eigenvalue weighted by molar-refractivity contribution is 7.99. The molecule has 0 radical (unpaired) electrons. The standard InChI is InChI=1S/C11H22N2OS.ClH/c1-4-11(2,3)13-10(14)7-9-8-15-6-5-12-9;/h9,12H,4-8H2,1-3H3,(H,13,14);1H. The molecule has 1 fully saturated rings. The fourth-order valence-corrected chi connectivity index (χ4v) is 2.44. The van der Waals surface area contributed by atoms with Crippen LogP contribution in [0.3, 0.4) is 0 Å². The first-order chi connectivity index (χ1) is 7.03. The quantitative estimate of drug-likeness (QED) is 0.816. The number of hydrogen-bond acceptors (Lipinski definition) is 3. The zero-order valence-electron chi connectivity index (χ0n) is 10.3. The predicted molar refractivity (Wildman–Crippen MR) is 73.5 cm³/mol. The Hall–Kier alpha value is 0.0700. The summed E-state index contributed by atoms with van der Waals surface area (Å²) in [5, 5.41) is 6.44. The van der Waals surface area contributed by atoms with E-state index in [1.165, 1.54) is 5.75 Å². The number of thioether (sulfide) groups is 1. The molecule has 1 unspecified atom stereocenters. The monoisotopic (exact) mass is 266 g/mol. The van der Waals surface area contributed by atoms with Crippen molar-refractivity contribution in [1.29, 1.82) is 0 Å². The summed E-state index contributed by atoms with van der Waals surface area (Å²) in [5.74, 6) is 2.39. The van der Waals surface area contributed by atoms with Crippen molar-refractivity contribution in [2.24, 2.45) is 0 Å². The molecule has 5 heteroatoms. The lowest BCUT2D eigenvalue weighted by Crippen LogP contribution is -2.47. The zero-order chi connectivity index (χ0) is 11.3. The van der Waals surface area contributed by atoms with E-state index in [0.717, 1.165) is 18.7 Å². The van der Waals surface area contributed by atoms with E-state index in [0.29, 0.717) is 12.5 Å². The van der Waals surface area contributed by atoms with Crippen molar-refractivity contribution in [2.45, 2.75) is 45.2 Å². The molecule has 16 heavy (non-hydrogen) atoms. The Morgan fingerprint density at radius 1 is 1.56 bits per heavy atom. The van der Waals surface area contributed by atoms with E-state index in [9.17, 15) is 4.79 Å². The van der Waals surface area contributed by atoms with Crippen molar-refractivity contribution >= 4 is 30.1 Å². The Bertz CT molecular complexity index is 218. The molecule has 3 nitrogen and oxygen atoms in total. The van der Waals surface area contributed by atoms with Crippen LogP contribution in [0.25, 0.3) is 0 Å². The molecular weight excluding hydrogens is 244 g/mol. The van der Waals surface area contributed by atoms with Gasteiger partial charge in [0.25, 0.3) is 0 Å². The lowest BCUT2D eigenvalue weighted by atomic mass is 10.0. The largest absolute Gasteiger partial charge is 0.351 e. The first-order valence-electron chi connectivity index (χ1n) is 5.65. The Kier molecular flexibility index (Phi) is 7.44. The van der Waals surface area contributed by atoms with Crippen molar-refractivity contribution < 1.29 is 4.79 Å². The van der Waals surface area contributed by atoms with Crippen molar-refractivity contribution in [3.8, 4) is 0 Å². The SMILES string of the molecule is CCC(C)(C)NC(=O)CC1CSCCN1.Cl. The normalized spacial score (nSPS) is 21.1. The maximum Gasteiger partial charge on any atom is 0.222 e. The van der Waals surface area contributed by atoms with Gasteiger partial charge in [-0.05, 0) is 20.3 Å². The van der Waals surface area contributed by atoms with Crippen LogP contribution >= 0.6 is 24.2 Å². The second kappa shape index (κ2) is 7.41. The summed E-state index contributed by atoms with van der Waals surface area (Å²) in [5.41, 5.74) is -0.0705. The minimum absolute atomic E-state index is 0. The molecule has 1 saturated heterocycles. The molecule has 0 aromatic rings. The number of carbonyl (C=O) groups is 1. The summed E-state index contributed by atoms with van der Waals surface area (Å²) in [6, 6.07) is 0.358. The van der Waals surface area contributed by atoms with Gasteiger partial charge in [0.1, 0.15) is 0 Å². The number of amides is 1. The third kappa shape index (κ3) is 5.97. The van der Waals surface area contributed by atoms with Crippen molar-refractivity contribution in [2.75, 3.05) is 18.1 Å². The lowest BCUT2D eigenvalue weighted by Gasteiger charge is -2.27. The van der Waals surface area contributed by atoms with E-state index in [2.05, 4.69) is 31.4 Å². The molecule has 1 aliphatic heterocycles. The minimum atomic E-state index is -0.0705. The lowest BCUT2D eigenvalue weighted by molar-refractivity contribution is -0.123. The summed E-state index contributed by atoms with van der Waals surface area (Å²) >= 11 is 1.93. The van der Waals surface area contributed by atoms with Gasteiger partial charge < -0.3 is 10.6 Å². The van der Waals surface area contributed by atoms with E-state index in [1.54, 1.807) is 0 Å². The molecule has 0 aliphatic carbocycles. The van der Waals surface area contributed by atoms with Crippen molar-refractivity contribution in [1.82, 2.24) is 10.6 Å². The van der Waals surface area contributed by atoms with E-state index < -0.39 is 0 Å². The Morgan fingerprint density at radius 3 is 2.75 bits per heavy atom. The molecule has 1 rings (SSSR count). The van der Waals surface area contributed by atoms with E-state index in [-0.39, 0.29) is 23.9 Å². The van der Waals surface area contributed by atoms with E-state index in [1.807, 2.05) is 11.8 Å². The van der Waals surface area contributed by atoms with Crippen LogP contribution in [0.5, 0.6) is 0 Å². The third-order valence-electron chi connectivity index (χ3n) is 2.79. The molecule has 1 heterocycles. The van der Waals surface area contributed by atoms with Crippen LogP contribution in [-0.2, 0) is 4.79 Å². The second-order valence-electron chi connectivity index (χ2n) is 4.72. The molecule has 2 N–H and O–H groups in total. The Labute approximate surface area is 109 Å². The second-order valence-corrected chi connectivity index (χ2v) is 5.87. The summed E-state index contributed by atoms with van der Waals surface area (Å²) in [7, 11) is 0. The van der Waals surface area contributed by atoms with Crippen LogP contribution in [0.15, 0.2) is 0 Å². The van der Waals surface area contributed by atoms with Crippen LogP contribution in [0.1, 0.15) is 33.6 Å². The molecule has 1 amide bonds. The molecule has 1 atom stereocenters. The highest BCUT2D eigenvalue weighted by Crippen LogP contribution is 2.12. The Balaban J connectivity index is 0.00000225. The zero-order valence-corrected chi connectivity index (χ0v) is 12.0. The maximum absolute atomic E-state index is 11.7. The van der Waals surface area contributed by atoms with Gasteiger partial charge in [0.15, 0.2) is 0 Å².